The molecule has 11 nitrogen and oxygen atoms in total. The van der Waals surface area contributed by atoms with E-state index >= 15 is 0 Å². The minimum absolute atomic E-state index is 0.0583. The van der Waals surface area contributed by atoms with E-state index in [1.807, 2.05) is 0 Å². The predicted octanol–water partition coefficient (Wildman–Crippen LogP) is 1.55. The largest absolute Gasteiger partial charge is 0.467 e. The van der Waals surface area contributed by atoms with Crippen LogP contribution >= 0.6 is 11.6 Å². The van der Waals surface area contributed by atoms with Crippen LogP contribution in [0.25, 0.3) is 0 Å². The van der Waals surface area contributed by atoms with Crippen molar-refractivity contribution in [2.75, 3.05) is 5.32 Å². The molecule has 0 radical (unpaired) electrons. The number of carbonyl (C=O) groups excluding carboxylic acids is 4. The van der Waals surface area contributed by atoms with Crippen LogP contribution in [-0.2, 0) is 32.3 Å². The lowest BCUT2D eigenvalue weighted by Crippen LogP contribution is -2.37. The Morgan fingerprint density at radius 1 is 0.879 bits per heavy atom. The van der Waals surface area contributed by atoms with Gasteiger partial charge in [-0.1, -0.05) is 17.7 Å². The van der Waals surface area contributed by atoms with E-state index in [-0.39, 0.29) is 18.8 Å². The molecule has 0 bridgehead atoms. The van der Waals surface area contributed by atoms with Crippen LogP contribution in [0.3, 0.4) is 0 Å². The Balaban J connectivity index is 1.40. The number of hydrogen-bond acceptors (Lipinski definition) is 7. The molecular weight excluding hydrogens is 454 g/mol. The van der Waals surface area contributed by atoms with Crippen LogP contribution in [-0.4, -0.2) is 29.8 Å². The van der Waals surface area contributed by atoms with Crippen LogP contribution in [0, 0.1) is 0 Å². The Kier molecular flexibility index (Phi) is 7.97. The molecule has 2 heterocycles. The molecule has 0 atom stereocenters. The number of halogens is 1. The summed E-state index contributed by atoms with van der Waals surface area (Å²) in [6.45, 7) is 0.00450. The first-order chi connectivity index (χ1) is 15.9. The summed E-state index contributed by atoms with van der Waals surface area (Å²) in [5.74, 6) is -2.50. The van der Waals surface area contributed by atoms with Crippen LogP contribution in [0.4, 0.5) is 5.69 Å². The quantitative estimate of drug-likeness (QED) is 0.233. The highest BCUT2D eigenvalue weighted by Gasteiger charge is 2.15. The fourth-order valence-corrected chi connectivity index (χ4v) is 2.62. The first kappa shape index (κ1) is 23.3. The minimum Gasteiger partial charge on any atom is -0.467 e. The molecule has 12 heteroatoms. The van der Waals surface area contributed by atoms with Crippen LogP contribution in [0.15, 0.2) is 68.7 Å². The van der Waals surface area contributed by atoms with Gasteiger partial charge in [0.25, 0.3) is 0 Å². The van der Waals surface area contributed by atoms with Gasteiger partial charge in [0.1, 0.15) is 17.3 Å². The lowest BCUT2D eigenvalue weighted by Gasteiger charge is -2.05. The maximum Gasteiger partial charge on any atom is 0.329 e. The van der Waals surface area contributed by atoms with Crippen molar-refractivity contribution in [1.29, 1.82) is 0 Å². The van der Waals surface area contributed by atoms with Gasteiger partial charge in [0.2, 0.25) is 0 Å². The van der Waals surface area contributed by atoms with E-state index in [2.05, 4.69) is 26.5 Å². The van der Waals surface area contributed by atoms with Crippen molar-refractivity contribution in [2.24, 2.45) is 5.10 Å². The molecule has 3 aromatic rings. The van der Waals surface area contributed by atoms with Crippen molar-refractivity contribution in [2.45, 2.75) is 13.1 Å². The zero-order valence-corrected chi connectivity index (χ0v) is 17.7. The molecule has 0 unspecified atom stereocenters. The van der Waals surface area contributed by atoms with Gasteiger partial charge in [-0.2, -0.15) is 5.10 Å². The molecule has 0 aliphatic carbocycles. The molecule has 4 N–H and O–H groups in total. The monoisotopic (exact) mass is 471 g/mol. The summed E-state index contributed by atoms with van der Waals surface area (Å²) in [4.78, 5) is 47.2. The van der Waals surface area contributed by atoms with Crippen LogP contribution in [0.2, 0.25) is 5.02 Å². The second-order valence-corrected chi connectivity index (χ2v) is 6.85. The number of hydrazone groups is 1. The number of furan rings is 2. The number of rotatable bonds is 7. The highest BCUT2D eigenvalue weighted by molar-refractivity contribution is 6.39. The van der Waals surface area contributed by atoms with E-state index in [0.717, 1.165) is 0 Å². The van der Waals surface area contributed by atoms with E-state index in [9.17, 15) is 19.2 Å². The van der Waals surface area contributed by atoms with Crippen LogP contribution < -0.4 is 21.4 Å². The second-order valence-electron chi connectivity index (χ2n) is 6.41. The summed E-state index contributed by atoms with van der Waals surface area (Å²) < 4.78 is 10.5. The number of hydrogen-bond donors (Lipinski definition) is 4. The van der Waals surface area contributed by atoms with E-state index in [0.29, 0.717) is 22.2 Å². The van der Waals surface area contributed by atoms with Gasteiger partial charge in [-0.05, 0) is 42.5 Å². The SMILES string of the molecule is O=C(NCc1ccco1)C(=O)N/N=C/c1ccc(CNC(=O)C(=O)Nc2cccc(Cl)c2)o1. The van der Waals surface area contributed by atoms with Crippen molar-refractivity contribution < 1.29 is 28.0 Å². The van der Waals surface area contributed by atoms with Gasteiger partial charge in [0, 0.05) is 10.7 Å². The molecule has 0 spiro atoms. The number of nitrogens with zero attached hydrogens (tertiary/aromatic N) is 1. The van der Waals surface area contributed by atoms with Crippen LogP contribution in [0.1, 0.15) is 17.3 Å². The fraction of sp³-hybridized carbons (Fsp3) is 0.0952. The van der Waals surface area contributed by atoms with Gasteiger partial charge in [-0.25, -0.2) is 5.43 Å². The van der Waals surface area contributed by atoms with Crippen molar-refractivity contribution in [1.82, 2.24) is 16.1 Å². The van der Waals surface area contributed by atoms with Crippen molar-refractivity contribution >= 4 is 47.1 Å². The Morgan fingerprint density at radius 2 is 1.64 bits per heavy atom. The molecule has 33 heavy (non-hydrogen) atoms. The zero-order valence-electron chi connectivity index (χ0n) is 17.0. The van der Waals surface area contributed by atoms with E-state index in [1.54, 1.807) is 36.4 Å². The number of anilines is 1. The summed E-state index contributed by atoms with van der Waals surface area (Å²) in [7, 11) is 0. The number of amides is 4. The standard InChI is InChI=1S/C21H18ClN5O6/c22-13-3-1-4-14(9-13)26-20(30)18(28)24-11-16-6-7-17(33-16)12-25-27-21(31)19(29)23-10-15-5-2-8-32-15/h1-9,12H,10-11H2,(H,23,29)(H,24,28)(H,26,30)(H,27,31)/b25-12+. The van der Waals surface area contributed by atoms with Gasteiger partial charge in [0.15, 0.2) is 0 Å². The average Bonchev–Trinajstić information content (AvgIpc) is 3.48. The van der Waals surface area contributed by atoms with Crippen molar-refractivity contribution in [3.63, 3.8) is 0 Å². The first-order valence-electron chi connectivity index (χ1n) is 9.48. The smallest absolute Gasteiger partial charge is 0.329 e. The molecule has 0 fully saturated rings. The van der Waals surface area contributed by atoms with E-state index < -0.39 is 23.6 Å². The predicted molar refractivity (Wildman–Crippen MR) is 117 cm³/mol. The van der Waals surface area contributed by atoms with Gasteiger partial charge >= 0.3 is 23.6 Å². The summed E-state index contributed by atoms with van der Waals surface area (Å²) in [5, 5.41) is 11.3. The Labute approximate surface area is 192 Å². The average molecular weight is 472 g/mol. The van der Waals surface area contributed by atoms with E-state index in [4.69, 9.17) is 20.4 Å². The molecule has 0 saturated carbocycles. The Morgan fingerprint density at radius 3 is 2.36 bits per heavy atom. The summed E-state index contributed by atoms with van der Waals surface area (Å²) in [6.07, 6.45) is 2.62. The number of nitrogens with one attached hydrogen (secondary N) is 4. The number of benzene rings is 1. The second kappa shape index (κ2) is 11.3. The fourth-order valence-electron chi connectivity index (χ4n) is 2.43. The molecule has 1 aromatic carbocycles. The van der Waals surface area contributed by atoms with Crippen molar-refractivity contribution in [3.05, 3.63) is 77.1 Å². The third-order valence-corrected chi connectivity index (χ3v) is 4.20. The normalized spacial score (nSPS) is 10.6. The summed E-state index contributed by atoms with van der Waals surface area (Å²) >= 11 is 5.83. The minimum atomic E-state index is -0.970. The highest BCUT2D eigenvalue weighted by Crippen LogP contribution is 2.14. The maximum atomic E-state index is 11.9. The lowest BCUT2D eigenvalue weighted by molar-refractivity contribution is -0.139. The lowest BCUT2D eigenvalue weighted by atomic mass is 10.3. The van der Waals surface area contributed by atoms with Gasteiger partial charge in [-0.15, -0.1) is 0 Å². The molecule has 0 aliphatic heterocycles. The molecule has 3 rings (SSSR count). The third kappa shape index (κ3) is 7.36. The molecule has 170 valence electrons. The molecular formula is C21H18ClN5O6. The number of carbonyl (C=O) groups is 4. The first-order valence-corrected chi connectivity index (χ1v) is 9.85. The van der Waals surface area contributed by atoms with Crippen LogP contribution in [0.5, 0.6) is 0 Å². The Hall–Kier alpha value is -4.38. The van der Waals surface area contributed by atoms with Gasteiger partial charge < -0.3 is 24.8 Å². The van der Waals surface area contributed by atoms with Crippen molar-refractivity contribution in [3.8, 4) is 0 Å². The molecule has 0 saturated heterocycles. The van der Waals surface area contributed by atoms with Gasteiger partial charge in [-0.3, -0.25) is 19.2 Å². The molecule has 2 aromatic heterocycles. The maximum absolute atomic E-state index is 11.9. The summed E-state index contributed by atoms with van der Waals surface area (Å²) in [5.41, 5.74) is 2.44. The van der Waals surface area contributed by atoms with Gasteiger partial charge in [0.05, 0.1) is 25.6 Å². The highest BCUT2D eigenvalue weighted by atomic mass is 35.5. The summed E-state index contributed by atoms with van der Waals surface area (Å²) in [6, 6.07) is 12.8. The molecule has 0 aliphatic rings. The molecule has 4 amide bonds. The topological polar surface area (TPSA) is 155 Å². The zero-order chi connectivity index (χ0) is 23.6. The third-order valence-electron chi connectivity index (χ3n) is 3.96. The Bertz CT molecular complexity index is 1170. The van der Waals surface area contributed by atoms with E-state index in [1.165, 1.54) is 24.6 Å².